The van der Waals surface area contributed by atoms with Crippen molar-refractivity contribution in [3.63, 3.8) is 0 Å². The molecule has 0 radical (unpaired) electrons. The molecule has 2 aromatic rings. The molecular weight excluding hydrogens is 250 g/mol. The maximum Gasteiger partial charge on any atom is 0.153 e. The summed E-state index contributed by atoms with van der Waals surface area (Å²) in [7, 11) is 0. The van der Waals surface area contributed by atoms with Crippen LogP contribution in [0.1, 0.15) is 26.0 Å². The van der Waals surface area contributed by atoms with Crippen molar-refractivity contribution in [3.8, 4) is 0 Å². The fraction of sp³-hybridized carbons (Fsp3) is 0.600. The number of imidazole rings is 1. The van der Waals surface area contributed by atoms with Gasteiger partial charge in [-0.2, -0.15) is 0 Å². The molecule has 5 nitrogen and oxygen atoms in total. The zero-order chi connectivity index (χ0) is 14.1. The number of aryl methyl sites for hydroxylation is 1. The molecule has 3 heterocycles. The maximum atomic E-state index is 4.57. The molecule has 1 saturated heterocycles. The van der Waals surface area contributed by atoms with Gasteiger partial charge >= 0.3 is 0 Å². The SMILES string of the molecule is Cc1cn2nc(NC3CCN(CC(C)C)C3)ccc2n1. The quantitative estimate of drug-likeness (QED) is 0.927. The van der Waals surface area contributed by atoms with Gasteiger partial charge in [0.05, 0.1) is 11.9 Å². The van der Waals surface area contributed by atoms with Crippen molar-refractivity contribution in [1.29, 1.82) is 0 Å². The van der Waals surface area contributed by atoms with E-state index in [4.69, 9.17) is 0 Å². The lowest BCUT2D eigenvalue weighted by Gasteiger charge is -2.18. The number of nitrogens with one attached hydrogen (secondary N) is 1. The molecule has 108 valence electrons. The van der Waals surface area contributed by atoms with Crippen LogP contribution >= 0.6 is 0 Å². The number of nitrogens with zero attached hydrogens (tertiary/aromatic N) is 4. The largest absolute Gasteiger partial charge is 0.365 e. The van der Waals surface area contributed by atoms with E-state index in [1.165, 1.54) is 19.5 Å². The summed E-state index contributed by atoms with van der Waals surface area (Å²) in [5, 5.41) is 8.11. The van der Waals surface area contributed by atoms with Crippen LogP contribution in [-0.4, -0.2) is 45.2 Å². The van der Waals surface area contributed by atoms with Crippen molar-refractivity contribution in [3.05, 3.63) is 24.0 Å². The Morgan fingerprint density at radius 2 is 2.25 bits per heavy atom. The van der Waals surface area contributed by atoms with Crippen LogP contribution in [0.3, 0.4) is 0 Å². The Balaban J connectivity index is 1.65. The molecule has 0 amide bonds. The van der Waals surface area contributed by atoms with Gasteiger partial charge in [0.15, 0.2) is 5.65 Å². The van der Waals surface area contributed by atoms with Gasteiger partial charge in [0.1, 0.15) is 5.82 Å². The average Bonchev–Trinajstić information content (AvgIpc) is 2.93. The van der Waals surface area contributed by atoms with Crippen molar-refractivity contribution >= 4 is 11.5 Å². The Morgan fingerprint density at radius 1 is 1.40 bits per heavy atom. The molecule has 1 atom stereocenters. The number of aromatic nitrogens is 3. The summed E-state index contributed by atoms with van der Waals surface area (Å²) in [5.41, 5.74) is 1.90. The third-order valence-corrected chi connectivity index (χ3v) is 3.69. The lowest BCUT2D eigenvalue weighted by atomic mass is 10.2. The molecule has 0 saturated carbocycles. The lowest BCUT2D eigenvalue weighted by molar-refractivity contribution is 0.296. The predicted octanol–water partition coefficient (Wildman–Crippen LogP) is 2.18. The molecule has 5 heteroatoms. The van der Waals surface area contributed by atoms with Crippen molar-refractivity contribution in [1.82, 2.24) is 19.5 Å². The van der Waals surface area contributed by atoms with Crippen LogP contribution in [-0.2, 0) is 0 Å². The Hall–Kier alpha value is -1.62. The molecule has 0 bridgehead atoms. The minimum absolute atomic E-state index is 0.503. The van der Waals surface area contributed by atoms with Gasteiger partial charge < -0.3 is 10.2 Å². The highest BCUT2D eigenvalue weighted by Gasteiger charge is 2.22. The topological polar surface area (TPSA) is 45.5 Å². The van der Waals surface area contributed by atoms with E-state index >= 15 is 0 Å². The van der Waals surface area contributed by atoms with Crippen LogP contribution in [0, 0.1) is 12.8 Å². The van der Waals surface area contributed by atoms with Crippen molar-refractivity contribution in [2.24, 2.45) is 5.92 Å². The van der Waals surface area contributed by atoms with Gasteiger partial charge in [-0.05, 0) is 31.4 Å². The Kier molecular flexibility index (Phi) is 3.61. The molecule has 0 spiro atoms. The first-order chi connectivity index (χ1) is 9.60. The first-order valence-corrected chi connectivity index (χ1v) is 7.42. The van der Waals surface area contributed by atoms with E-state index in [1.807, 2.05) is 29.8 Å². The monoisotopic (exact) mass is 273 g/mol. The highest BCUT2D eigenvalue weighted by atomic mass is 15.3. The summed E-state index contributed by atoms with van der Waals surface area (Å²) in [6.45, 7) is 10.0. The van der Waals surface area contributed by atoms with Gasteiger partial charge in [-0.15, -0.1) is 5.10 Å². The Labute approximate surface area is 120 Å². The zero-order valence-electron chi connectivity index (χ0n) is 12.5. The number of likely N-dealkylation sites (tertiary alicyclic amines) is 1. The molecular formula is C15H23N5. The minimum atomic E-state index is 0.503. The second-order valence-corrected chi connectivity index (χ2v) is 6.19. The molecule has 3 rings (SSSR count). The summed E-state index contributed by atoms with van der Waals surface area (Å²) >= 11 is 0. The number of anilines is 1. The highest BCUT2D eigenvalue weighted by Crippen LogP contribution is 2.16. The van der Waals surface area contributed by atoms with Gasteiger partial charge in [0, 0.05) is 25.7 Å². The van der Waals surface area contributed by atoms with Crippen LogP contribution in [0.5, 0.6) is 0 Å². The molecule has 1 aliphatic rings. The molecule has 0 aromatic carbocycles. The second kappa shape index (κ2) is 5.40. The van der Waals surface area contributed by atoms with Crippen molar-refractivity contribution in [2.45, 2.75) is 33.2 Å². The number of hydrogen-bond acceptors (Lipinski definition) is 4. The molecule has 1 N–H and O–H groups in total. The maximum absolute atomic E-state index is 4.57. The van der Waals surface area contributed by atoms with Crippen LogP contribution in [0.4, 0.5) is 5.82 Å². The fourth-order valence-electron chi connectivity index (χ4n) is 2.92. The summed E-state index contributed by atoms with van der Waals surface area (Å²) in [4.78, 5) is 6.93. The molecule has 1 unspecified atom stereocenters. The first-order valence-electron chi connectivity index (χ1n) is 7.42. The van der Waals surface area contributed by atoms with E-state index in [0.29, 0.717) is 6.04 Å². The predicted molar refractivity (Wildman–Crippen MR) is 81.0 cm³/mol. The number of fused-ring (bicyclic) bond motifs is 1. The normalized spacial score (nSPS) is 20.1. The van der Waals surface area contributed by atoms with E-state index in [-0.39, 0.29) is 0 Å². The summed E-state index contributed by atoms with van der Waals surface area (Å²) < 4.78 is 1.85. The Bertz CT molecular complexity index is 589. The average molecular weight is 273 g/mol. The van der Waals surface area contributed by atoms with E-state index < -0.39 is 0 Å². The Morgan fingerprint density at radius 3 is 3.05 bits per heavy atom. The summed E-state index contributed by atoms with van der Waals surface area (Å²) in [6, 6.07) is 4.54. The van der Waals surface area contributed by atoms with Crippen LogP contribution in [0.25, 0.3) is 5.65 Å². The van der Waals surface area contributed by atoms with Gasteiger partial charge in [-0.25, -0.2) is 9.50 Å². The number of hydrogen-bond donors (Lipinski definition) is 1. The summed E-state index contributed by atoms with van der Waals surface area (Å²) in [6.07, 6.45) is 3.15. The van der Waals surface area contributed by atoms with Crippen molar-refractivity contribution < 1.29 is 0 Å². The second-order valence-electron chi connectivity index (χ2n) is 6.19. The smallest absolute Gasteiger partial charge is 0.153 e. The third kappa shape index (κ3) is 2.93. The fourth-order valence-corrected chi connectivity index (χ4v) is 2.92. The van der Waals surface area contributed by atoms with E-state index in [0.717, 1.165) is 29.6 Å². The van der Waals surface area contributed by atoms with Crippen molar-refractivity contribution in [2.75, 3.05) is 25.0 Å². The van der Waals surface area contributed by atoms with E-state index in [2.05, 4.69) is 34.1 Å². The molecule has 0 aliphatic carbocycles. The number of rotatable bonds is 4. The van der Waals surface area contributed by atoms with E-state index in [1.54, 1.807) is 0 Å². The highest BCUT2D eigenvalue weighted by molar-refractivity contribution is 5.45. The summed E-state index contributed by atoms with van der Waals surface area (Å²) in [5.74, 6) is 1.67. The van der Waals surface area contributed by atoms with Gasteiger partial charge in [-0.3, -0.25) is 0 Å². The third-order valence-electron chi connectivity index (χ3n) is 3.69. The molecule has 2 aromatic heterocycles. The molecule has 1 fully saturated rings. The van der Waals surface area contributed by atoms with Crippen LogP contribution < -0.4 is 5.32 Å². The first kappa shape index (κ1) is 13.4. The zero-order valence-corrected chi connectivity index (χ0v) is 12.5. The van der Waals surface area contributed by atoms with Gasteiger partial charge in [0.25, 0.3) is 0 Å². The van der Waals surface area contributed by atoms with Crippen LogP contribution in [0.2, 0.25) is 0 Å². The van der Waals surface area contributed by atoms with E-state index in [9.17, 15) is 0 Å². The van der Waals surface area contributed by atoms with Gasteiger partial charge in [-0.1, -0.05) is 13.8 Å². The van der Waals surface area contributed by atoms with Crippen LogP contribution in [0.15, 0.2) is 18.3 Å². The molecule has 1 aliphatic heterocycles. The van der Waals surface area contributed by atoms with Gasteiger partial charge in [0.2, 0.25) is 0 Å². The molecule has 20 heavy (non-hydrogen) atoms. The minimum Gasteiger partial charge on any atom is -0.365 e. The standard InChI is InChI=1S/C15H23N5/c1-11(2)8-19-7-6-13(10-19)17-14-4-5-15-16-12(3)9-20(15)18-14/h4-5,9,11,13H,6-8,10H2,1-3H3,(H,17,18). The lowest BCUT2D eigenvalue weighted by Crippen LogP contribution is -2.29.